The van der Waals surface area contributed by atoms with Gasteiger partial charge in [0.15, 0.2) is 0 Å². The molecule has 2 saturated carbocycles. The summed E-state index contributed by atoms with van der Waals surface area (Å²) >= 11 is 3.39. The van der Waals surface area contributed by atoms with Gasteiger partial charge in [0.25, 0.3) is 0 Å². The topological polar surface area (TPSA) is 134 Å². The zero-order chi connectivity index (χ0) is 44.8. The Morgan fingerprint density at radius 2 is 1.23 bits per heavy atom. The largest absolute Gasteiger partial charge is 1.00 e. The van der Waals surface area contributed by atoms with Crippen LogP contribution in [-0.4, -0.2) is 66.6 Å². The van der Waals surface area contributed by atoms with E-state index in [1.807, 2.05) is 43.4 Å². The number of nitrogens with zero attached hydrogens (tertiary/aromatic N) is 6. The SMILES string of the molecule is C=CC(=O)N(C)Cc1c(C)n(C)c2ccccc12.Cc1c(CN(C)C(=O)/C=C/c2cnc3c(c2)C2(CCC2)C(=O)N3)c2ccccc2n1C.O=C1Nc2ncc(Br)cc2C12CCC2.[H-].[HH].[K+]. The molecule has 6 aromatic rings. The van der Waals surface area contributed by atoms with Gasteiger partial charge >= 0.3 is 51.4 Å². The predicted molar refractivity (Wildman–Crippen MR) is 255 cm³/mol. The third kappa shape index (κ3) is 8.48. The fourth-order valence-corrected chi connectivity index (χ4v) is 9.70. The number of anilines is 2. The molecule has 10 rings (SSSR count). The number of benzene rings is 2. The van der Waals surface area contributed by atoms with E-state index in [0.717, 1.165) is 76.8 Å². The Morgan fingerprint density at radius 1 is 0.781 bits per heavy atom. The van der Waals surface area contributed by atoms with Gasteiger partial charge in [0, 0.05) is 110 Å². The van der Waals surface area contributed by atoms with Crippen molar-refractivity contribution in [3.05, 3.63) is 135 Å². The van der Waals surface area contributed by atoms with Gasteiger partial charge in [0.2, 0.25) is 23.6 Å². The molecule has 64 heavy (non-hydrogen) atoms. The molecule has 328 valence electrons. The summed E-state index contributed by atoms with van der Waals surface area (Å²) in [6.45, 7) is 8.84. The molecule has 2 aliphatic carbocycles. The van der Waals surface area contributed by atoms with E-state index in [1.165, 1.54) is 39.1 Å². The summed E-state index contributed by atoms with van der Waals surface area (Å²) in [6, 6.07) is 20.5. The average Bonchev–Trinajstić information content (AvgIpc) is 3.89. The van der Waals surface area contributed by atoms with Crippen molar-refractivity contribution in [1.82, 2.24) is 28.9 Å². The van der Waals surface area contributed by atoms with Gasteiger partial charge in [-0.25, -0.2) is 9.97 Å². The van der Waals surface area contributed by atoms with E-state index in [0.29, 0.717) is 18.9 Å². The van der Waals surface area contributed by atoms with E-state index in [9.17, 15) is 19.2 Å². The van der Waals surface area contributed by atoms with Crippen LogP contribution >= 0.6 is 15.9 Å². The second-order valence-electron chi connectivity index (χ2n) is 17.2. The molecule has 2 N–H and O–H groups in total. The van der Waals surface area contributed by atoms with Crippen molar-refractivity contribution >= 4 is 79.1 Å². The fourth-order valence-electron chi connectivity index (χ4n) is 9.37. The smallest absolute Gasteiger partial charge is 1.00 e. The van der Waals surface area contributed by atoms with E-state index in [4.69, 9.17) is 0 Å². The molecule has 2 aromatic carbocycles. The third-order valence-corrected chi connectivity index (χ3v) is 14.2. The van der Waals surface area contributed by atoms with Crippen molar-refractivity contribution in [2.24, 2.45) is 14.1 Å². The number of amides is 4. The number of hydrogen-bond donors (Lipinski definition) is 2. The number of para-hydroxylation sites is 2. The molecule has 2 aliphatic heterocycles. The number of aromatic nitrogens is 4. The number of hydrogen-bond acceptors (Lipinski definition) is 6. The Labute approximate surface area is 428 Å². The number of fused-ring (bicyclic) bond motifs is 6. The summed E-state index contributed by atoms with van der Waals surface area (Å²) in [4.78, 5) is 60.6. The summed E-state index contributed by atoms with van der Waals surface area (Å²) in [6.07, 6.45) is 14.0. The number of likely N-dealkylation sites (N-methyl/N-ethyl adjacent to an activating group) is 2. The second-order valence-corrected chi connectivity index (χ2v) is 18.1. The number of rotatable bonds is 7. The Balaban J connectivity index is 0.000000199. The van der Waals surface area contributed by atoms with Gasteiger partial charge in [-0.1, -0.05) is 55.8 Å². The van der Waals surface area contributed by atoms with Gasteiger partial charge in [-0.3, -0.25) is 19.2 Å². The maximum Gasteiger partial charge on any atom is 1.00 e. The Kier molecular flexibility index (Phi) is 14.1. The van der Waals surface area contributed by atoms with Gasteiger partial charge in [-0.15, -0.1) is 0 Å². The van der Waals surface area contributed by atoms with Crippen LogP contribution in [0, 0.1) is 13.8 Å². The number of carbonyl (C=O) groups excluding carboxylic acids is 4. The van der Waals surface area contributed by atoms with Gasteiger partial charge in [0.1, 0.15) is 11.6 Å². The van der Waals surface area contributed by atoms with Crippen molar-refractivity contribution in [3.63, 3.8) is 0 Å². The first-order valence-corrected chi connectivity index (χ1v) is 22.1. The minimum Gasteiger partial charge on any atom is -1.00 e. The summed E-state index contributed by atoms with van der Waals surface area (Å²) < 4.78 is 5.27. The van der Waals surface area contributed by atoms with Gasteiger partial charge in [-0.05, 0) is 109 Å². The number of halogens is 1. The third-order valence-electron chi connectivity index (χ3n) is 13.7. The monoisotopic (exact) mass is 950 g/mol. The van der Waals surface area contributed by atoms with E-state index < -0.39 is 5.41 Å². The summed E-state index contributed by atoms with van der Waals surface area (Å²) in [5, 5.41) is 8.13. The molecule has 0 atom stereocenters. The molecule has 0 unspecified atom stereocenters. The summed E-state index contributed by atoms with van der Waals surface area (Å²) in [5.41, 5.74) is 9.32. The van der Waals surface area contributed by atoms with Gasteiger partial charge in [0.05, 0.1) is 10.8 Å². The van der Waals surface area contributed by atoms with Crippen LogP contribution in [0.1, 0.15) is 80.6 Å². The fraction of sp³-hybridized carbons (Fsp3) is 0.320. The van der Waals surface area contributed by atoms with Crippen molar-refractivity contribution in [2.45, 2.75) is 76.3 Å². The molecule has 4 amide bonds. The first-order chi connectivity index (χ1) is 30.2. The molecule has 0 radical (unpaired) electrons. The van der Waals surface area contributed by atoms with Gasteiger partial charge < -0.3 is 31.0 Å². The molecule has 0 saturated heterocycles. The standard InChI is InChI=1S/C25H26N4O2.C15H18N2O.C10H9BrN2O.K.H2.H/c1-16-19(18-7-4-5-8-21(18)29(16)3)15-28(2)22(30)10-9-17-13-20-23(26-14-17)27-24(31)25(20)11-6-12-25;1-5-15(18)16(3)10-13-11(2)17(4)14-9-7-6-8-12(13)14;11-6-4-7-8(12-5-6)13-9(14)10(7)2-1-3-10;;;/h4-5,7-10,13-14H,6,11-12,15H2,1-3H3,(H,26,27,31);5-9H,1,10H2,2-4H3;4-5H,1-3H2,(H,12,13,14);;1H;/q;;;+1;;-1/b10-9+;;;;;. The number of nitrogens with one attached hydrogen (secondary N) is 2. The minimum atomic E-state index is -0.404. The van der Waals surface area contributed by atoms with Crippen molar-refractivity contribution in [2.75, 3.05) is 24.7 Å². The number of pyridine rings is 2. The van der Waals surface area contributed by atoms with Crippen molar-refractivity contribution in [1.29, 1.82) is 0 Å². The van der Waals surface area contributed by atoms with Crippen LogP contribution in [0.5, 0.6) is 0 Å². The van der Waals surface area contributed by atoms with Crippen molar-refractivity contribution in [3.8, 4) is 0 Å². The quantitative estimate of drug-likeness (QED) is 0.146. The Morgan fingerprint density at radius 3 is 1.70 bits per heavy atom. The minimum absolute atomic E-state index is 0. The first-order valence-electron chi connectivity index (χ1n) is 21.3. The molecule has 4 aromatic heterocycles. The molecule has 12 nitrogen and oxygen atoms in total. The van der Waals surface area contributed by atoms with E-state index in [-0.39, 0.29) is 83.3 Å². The van der Waals surface area contributed by atoms with Crippen LogP contribution in [0.2, 0.25) is 0 Å². The molecule has 6 heterocycles. The van der Waals surface area contributed by atoms with E-state index in [1.54, 1.807) is 41.4 Å². The van der Waals surface area contributed by atoms with Crippen LogP contribution in [0.15, 0.2) is 96.3 Å². The summed E-state index contributed by atoms with van der Waals surface area (Å²) in [7, 11) is 7.72. The van der Waals surface area contributed by atoms with E-state index in [2.05, 4.69) is 104 Å². The average molecular weight is 952 g/mol. The molecule has 0 bridgehead atoms. The molecule has 2 fully saturated rings. The normalized spacial score (nSPS) is 15.7. The number of aryl methyl sites for hydroxylation is 2. The van der Waals surface area contributed by atoms with Gasteiger partial charge in [-0.2, -0.15) is 0 Å². The Hall–Kier alpha value is -4.70. The van der Waals surface area contributed by atoms with Crippen LogP contribution < -0.4 is 62.0 Å². The molecular weight excluding hydrogens is 896 g/mol. The number of carbonyl (C=O) groups is 4. The van der Waals surface area contributed by atoms with E-state index >= 15 is 0 Å². The maximum atomic E-state index is 12.8. The van der Waals surface area contributed by atoms with Crippen molar-refractivity contribution < 1.29 is 73.4 Å². The molecular formula is C50H56BrKN8O4. The maximum absolute atomic E-state index is 12.8. The van der Waals surface area contributed by atoms with Crippen LogP contribution in [0.25, 0.3) is 27.9 Å². The van der Waals surface area contributed by atoms with Crippen LogP contribution in [-0.2, 0) is 57.2 Å². The first kappa shape index (κ1) is 47.3. The zero-order valence-corrected chi connectivity index (χ0v) is 42.4. The molecule has 4 aliphatic rings. The second kappa shape index (κ2) is 19.0. The predicted octanol–water partition coefficient (Wildman–Crippen LogP) is 6.14. The zero-order valence-electron chi connectivity index (χ0n) is 38.7. The molecule has 2 spiro atoms. The Bertz CT molecular complexity index is 2880. The van der Waals surface area contributed by atoms with Crippen LogP contribution in [0.4, 0.5) is 11.6 Å². The van der Waals surface area contributed by atoms with Crippen LogP contribution in [0.3, 0.4) is 0 Å². The summed E-state index contributed by atoms with van der Waals surface area (Å²) in [5.74, 6) is 1.48. The molecule has 14 heteroatoms.